The summed E-state index contributed by atoms with van der Waals surface area (Å²) >= 11 is 0. The Morgan fingerprint density at radius 1 is 1.41 bits per heavy atom. The number of nitrogens with two attached hydrogens (primary N) is 1. The van der Waals surface area contributed by atoms with Crippen LogP contribution in [0.2, 0.25) is 0 Å². The standard InChI is InChI=1S/C18H27NO3/c1-13(2)7-5-4-6-8-15(18(19)21)11-14-9-10-16(20)17(12-14)22-3/h5,7,9-10,12-13,15,20H,4,6,8,11H2,1-3H3,(H2,19,21). The summed E-state index contributed by atoms with van der Waals surface area (Å²) in [4.78, 5) is 11.6. The Bertz CT molecular complexity index is 509. The van der Waals surface area contributed by atoms with Crippen molar-refractivity contribution in [2.45, 2.75) is 39.5 Å². The van der Waals surface area contributed by atoms with Crippen molar-refractivity contribution < 1.29 is 14.6 Å². The minimum atomic E-state index is -0.278. The van der Waals surface area contributed by atoms with Gasteiger partial charge in [0.15, 0.2) is 11.5 Å². The first kappa shape index (κ1) is 18.1. The van der Waals surface area contributed by atoms with Crippen LogP contribution in [-0.2, 0) is 11.2 Å². The molecule has 0 aliphatic rings. The van der Waals surface area contributed by atoms with Crippen LogP contribution in [0.4, 0.5) is 0 Å². The highest BCUT2D eigenvalue weighted by atomic mass is 16.5. The number of methoxy groups -OCH3 is 1. The van der Waals surface area contributed by atoms with E-state index in [4.69, 9.17) is 10.5 Å². The number of phenolic OH excluding ortho intramolecular Hbond substituents is 1. The summed E-state index contributed by atoms with van der Waals surface area (Å²) in [6, 6.07) is 5.13. The molecule has 1 unspecified atom stereocenters. The molecule has 1 atom stereocenters. The van der Waals surface area contributed by atoms with Crippen LogP contribution in [0.5, 0.6) is 11.5 Å². The van der Waals surface area contributed by atoms with E-state index >= 15 is 0 Å². The van der Waals surface area contributed by atoms with Gasteiger partial charge < -0.3 is 15.6 Å². The summed E-state index contributed by atoms with van der Waals surface area (Å²) in [5.74, 6) is 0.597. The molecule has 22 heavy (non-hydrogen) atoms. The van der Waals surface area contributed by atoms with Gasteiger partial charge in [0.25, 0.3) is 0 Å². The predicted molar refractivity (Wildman–Crippen MR) is 88.9 cm³/mol. The van der Waals surface area contributed by atoms with Gasteiger partial charge in [0.05, 0.1) is 7.11 Å². The highest BCUT2D eigenvalue weighted by Gasteiger charge is 2.16. The van der Waals surface area contributed by atoms with Crippen LogP contribution in [0.25, 0.3) is 0 Å². The number of hydrogen-bond acceptors (Lipinski definition) is 3. The number of rotatable bonds is 9. The molecule has 0 spiro atoms. The van der Waals surface area contributed by atoms with Gasteiger partial charge in [-0.15, -0.1) is 0 Å². The summed E-state index contributed by atoms with van der Waals surface area (Å²) in [7, 11) is 1.51. The second-order valence-corrected chi connectivity index (χ2v) is 5.91. The maximum atomic E-state index is 11.6. The highest BCUT2D eigenvalue weighted by Crippen LogP contribution is 2.28. The smallest absolute Gasteiger partial charge is 0.220 e. The zero-order valence-electron chi connectivity index (χ0n) is 13.7. The molecule has 4 heteroatoms. The fourth-order valence-electron chi connectivity index (χ4n) is 2.33. The topological polar surface area (TPSA) is 72.5 Å². The van der Waals surface area contributed by atoms with Crippen LogP contribution >= 0.6 is 0 Å². The number of carbonyl (C=O) groups is 1. The van der Waals surface area contributed by atoms with Crippen LogP contribution in [-0.4, -0.2) is 18.1 Å². The maximum absolute atomic E-state index is 11.6. The second-order valence-electron chi connectivity index (χ2n) is 5.91. The largest absolute Gasteiger partial charge is 0.504 e. The van der Waals surface area contributed by atoms with Crippen LogP contribution in [0, 0.1) is 11.8 Å². The summed E-state index contributed by atoms with van der Waals surface area (Å²) in [5.41, 5.74) is 6.45. The van der Waals surface area contributed by atoms with Gasteiger partial charge in [-0.25, -0.2) is 0 Å². The van der Waals surface area contributed by atoms with E-state index in [1.165, 1.54) is 7.11 Å². The second kappa shape index (κ2) is 9.13. The number of unbranched alkanes of at least 4 members (excludes halogenated alkanes) is 1. The lowest BCUT2D eigenvalue weighted by Crippen LogP contribution is -2.25. The SMILES string of the molecule is COc1cc(CC(CCCC=CC(C)C)C(N)=O)ccc1O. The number of primary amides is 1. The monoisotopic (exact) mass is 305 g/mol. The van der Waals surface area contributed by atoms with E-state index < -0.39 is 0 Å². The molecule has 1 rings (SSSR count). The summed E-state index contributed by atoms with van der Waals surface area (Å²) in [5, 5.41) is 9.60. The minimum absolute atomic E-state index is 0.0979. The fraction of sp³-hybridized carbons (Fsp3) is 0.500. The molecular formula is C18H27NO3. The van der Waals surface area contributed by atoms with Gasteiger partial charge in [0.1, 0.15) is 0 Å². The molecule has 0 fully saturated rings. The van der Waals surface area contributed by atoms with Gasteiger partial charge in [-0.3, -0.25) is 4.79 Å². The number of carbonyl (C=O) groups excluding carboxylic acids is 1. The predicted octanol–water partition coefficient (Wildman–Crippen LogP) is 3.43. The third kappa shape index (κ3) is 6.20. The molecule has 1 amide bonds. The van der Waals surface area contributed by atoms with Crippen molar-refractivity contribution in [2.24, 2.45) is 17.6 Å². The Morgan fingerprint density at radius 3 is 2.73 bits per heavy atom. The average Bonchev–Trinajstić information content (AvgIpc) is 2.46. The van der Waals surface area contributed by atoms with E-state index in [-0.39, 0.29) is 17.6 Å². The third-order valence-corrected chi connectivity index (χ3v) is 3.57. The molecule has 0 heterocycles. The lowest BCUT2D eigenvalue weighted by molar-refractivity contribution is -0.122. The number of allylic oxidation sites excluding steroid dienone is 2. The molecule has 0 bridgehead atoms. The number of ether oxygens (including phenoxy) is 1. The van der Waals surface area contributed by atoms with Crippen molar-refractivity contribution >= 4 is 5.91 Å². The first-order chi connectivity index (χ1) is 10.4. The molecule has 0 radical (unpaired) electrons. The molecule has 0 aromatic heterocycles. The molecule has 0 saturated carbocycles. The third-order valence-electron chi connectivity index (χ3n) is 3.57. The zero-order valence-corrected chi connectivity index (χ0v) is 13.7. The van der Waals surface area contributed by atoms with Gasteiger partial charge in [-0.1, -0.05) is 32.1 Å². The van der Waals surface area contributed by atoms with Crippen molar-refractivity contribution in [2.75, 3.05) is 7.11 Å². The molecular weight excluding hydrogens is 278 g/mol. The lowest BCUT2D eigenvalue weighted by Gasteiger charge is -2.14. The maximum Gasteiger partial charge on any atom is 0.220 e. The van der Waals surface area contributed by atoms with Crippen LogP contribution in [0.1, 0.15) is 38.7 Å². The van der Waals surface area contributed by atoms with Crippen LogP contribution < -0.4 is 10.5 Å². The van der Waals surface area contributed by atoms with Gasteiger partial charge in [-0.05, 0) is 49.3 Å². The van der Waals surface area contributed by atoms with E-state index in [1.807, 2.05) is 0 Å². The van der Waals surface area contributed by atoms with Gasteiger partial charge >= 0.3 is 0 Å². The average molecular weight is 305 g/mol. The Balaban J connectivity index is 2.59. The van der Waals surface area contributed by atoms with Gasteiger partial charge in [0, 0.05) is 5.92 Å². The zero-order chi connectivity index (χ0) is 16.5. The Hall–Kier alpha value is -1.97. The quantitative estimate of drug-likeness (QED) is 0.542. The first-order valence-corrected chi connectivity index (χ1v) is 7.76. The Morgan fingerprint density at radius 2 is 2.14 bits per heavy atom. The summed E-state index contributed by atoms with van der Waals surface area (Å²) in [6.07, 6.45) is 7.56. The van der Waals surface area contributed by atoms with Crippen LogP contribution in [0.3, 0.4) is 0 Å². The molecule has 122 valence electrons. The molecule has 0 aliphatic heterocycles. The van der Waals surface area contributed by atoms with E-state index in [0.29, 0.717) is 18.1 Å². The van der Waals surface area contributed by atoms with E-state index in [9.17, 15) is 9.90 Å². The number of hydrogen-bond donors (Lipinski definition) is 2. The Kier molecular flexibility index (Phi) is 7.50. The van der Waals surface area contributed by atoms with Crippen molar-refractivity contribution in [3.05, 3.63) is 35.9 Å². The van der Waals surface area contributed by atoms with Crippen LogP contribution in [0.15, 0.2) is 30.4 Å². The molecule has 1 aromatic carbocycles. The molecule has 0 saturated heterocycles. The summed E-state index contributed by atoms with van der Waals surface area (Å²) < 4.78 is 5.09. The van der Waals surface area contributed by atoms with Gasteiger partial charge in [-0.2, -0.15) is 0 Å². The Labute approximate surface area is 133 Å². The summed E-state index contributed by atoms with van der Waals surface area (Å²) in [6.45, 7) is 4.28. The van der Waals surface area contributed by atoms with E-state index in [0.717, 1.165) is 24.8 Å². The normalized spacial score (nSPS) is 12.7. The molecule has 1 aromatic rings. The number of aromatic hydroxyl groups is 1. The minimum Gasteiger partial charge on any atom is -0.504 e. The first-order valence-electron chi connectivity index (χ1n) is 7.76. The number of benzene rings is 1. The van der Waals surface area contributed by atoms with E-state index in [2.05, 4.69) is 26.0 Å². The molecule has 0 aliphatic carbocycles. The number of amides is 1. The highest BCUT2D eigenvalue weighted by molar-refractivity contribution is 5.77. The fourth-order valence-corrected chi connectivity index (χ4v) is 2.33. The van der Waals surface area contributed by atoms with Crippen molar-refractivity contribution in [3.8, 4) is 11.5 Å². The van der Waals surface area contributed by atoms with Crippen molar-refractivity contribution in [1.82, 2.24) is 0 Å². The molecule has 4 nitrogen and oxygen atoms in total. The van der Waals surface area contributed by atoms with Crippen molar-refractivity contribution in [3.63, 3.8) is 0 Å². The van der Waals surface area contributed by atoms with E-state index in [1.54, 1.807) is 18.2 Å². The number of phenols is 1. The van der Waals surface area contributed by atoms with Gasteiger partial charge in [0.2, 0.25) is 5.91 Å². The molecule has 3 N–H and O–H groups in total. The van der Waals surface area contributed by atoms with Crippen molar-refractivity contribution in [1.29, 1.82) is 0 Å². The lowest BCUT2D eigenvalue weighted by atomic mass is 9.93.